The van der Waals surface area contributed by atoms with E-state index in [2.05, 4.69) is 76.2 Å². The van der Waals surface area contributed by atoms with E-state index < -0.39 is 0 Å². The molecule has 1 aliphatic rings. The lowest BCUT2D eigenvalue weighted by atomic mass is 9.79. The van der Waals surface area contributed by atoms with Crippen molar-refractivity contribution < 1.29 is 23.5 Å². The molecule has 0 amide bonds. The third-order valence-electron chi connectivity index (χ3n) is 8.82. The molecule has 0 unspecified atom stereocenters. The van der Waals surface area contributed by atoms with Gasteiger partial charge in [-0.05, 0) is 94.9 Å². The van der Waals surface area contributed by atoms with Crippen LogP contribution in [0.25, 0.3) is 12.2 Å². The maximum Gasteiger partial charge on any atom is 0.494 e. The Hall–Kier alpha value is -1.57. The monoisotopic (exact) mass is 708 g/mol. The molecule has 0 spiro atoms. The summed E-state index contributed by atoms with van der Waals surface area (Å²) in [5.41, 5.74) is 2.33. The van der Waals surface area contributed by atoms with Crippen molar-refractivity contribution in [3.05, 3.63) is 47.5 Å². The van der Waals surface area contributed by atoms with Crippen molar-refractivity contribution in [2.75, 3.05) is 37.5 Å². The van der Waals surface area contributed by atoms with Gasteiger partial charge >= 0.3 is 7.12 Å². The van der Waals surface area contributed by atoms with Crippen LogP contribution in [0, 0.1) is 0 Å². The van der Waals surface area contributed by atoms with Gasteiger partial charge in [-0.15, -0.1) is 34.8 Å². The van der Waals surface area contributed by atoms with Crippen molar-refractivity contribution in [2.45, 2.75) is 116 Å². The maximum atomic E-state index is 6.38. The van der Waals surface area contributed by atoms with Crippen LogP contribution in [0.15, 0.2) is 36.4 Å². The highest BCUT2D eigenvalue weighted by Crippen LogP contribution is 2.40. The lowest BCUT2D eigenvalue weighted by molar-refractivity contribution is 0.00578. The number of hydrogen-bond donors (Lipinski definition) is 0. The summed E-state index contributed by atoms with van der Waals surface area (Å²) in [4.78, 5) is 0. The standard InChI is InChI=1S/C38H56BCl3O5/c1-37(2)38(3,4)47-39(46-37)33-21-19-31(20-22-33)17-18-32-29-34(43-26-14-8-5-11-23-40)36(45-28-16-10-7-13-25-42)35(30-32)44-27-15-9-6-12-24-41/h17-22,29-30H,5-16,23-28H2,1-4H3/b18-17+. The fraction of sp³-hybridized carbons (Fsp3) is 0.632. The number of rotatable bonds is 24. The molecule has 0 aliphatic carbocycles. The molecule has 0 bridgehead atoms. The largest absolute Gasteiger partial charge is 0.494 e. The topological polar surface area (TPSA) is 46.2 Å². The molecule has 262 valence electrons. The van der Waals surface area contributed by atoms with Crippen molar-refractivity contribution in [3.8, 4) is 17.2 Å². The molecule has 1 fully saturated rings. The normalized spacial score (nSPS) is 15.4. The minimum Gasteiger partial charge on any atom is -0.490 e. The summed E-state index contributed by atoms with van der Waals surface area (Å²) < 4.78 is 31.6. The Kier molecular flexibility index (Phi) is 18.2. The Morgan fingerprint density at radius 1 is 0.553 bits per heavy atom. The number of halogens is 3. The molecule has 2 aromatic carbocycles. The Bertz CT molecular complexity index is 1140. The summed E-state index contributed by atoms with van der Waals surface area (Å²) >= 11 is 17.6. The van der Waals surface area contributed by atoms with Crippen molar-refractivity contribution in [2.24, 2.45) is 0 Å². The Morgan fingerprint density at radius 3 is 1.40 bits per heavy atom. The van der Waals surface area contributed by atoms with Crippen molar-refractivity contribution in [3.63, 3.8) is 0 Å². The maximum absolute atomic E-state index is 6.38. The van der Waals surface area contributed by atoms with Gasteiger partial charge in [0.2, 0.25) is 5.75 Å². The van der Waals surface area contributed by atoms with Gasteiger partial charge in [0.1, 0.15) is 0 Å². The summed E-state index contributed by atoms with van der Waals surface area (Å²) in [6.07, 6.45) is 16.7. The average molecular weight is 710 g/mol. The molecule has 47 heavy (non-hydrogen) atoms. The zero-order valence-corrected chi connectivity index (χ0v) is 31.4. The summed E-state index contributed by atoms with van der Waals surface area (Å²) in [6.45, 7) is 10.1. The fourth-order valence-corrected chi connectivity index (χ4v) is 5.74. The summed E-state index contributed by atoms with van der Waals surface area (Å²) in [5.74, 6) is 4.23. The molecule has 1 aliphatic heterocycles. The molecule has 1 saturated heterocycles. The highest BCUT2D eigenvalue weighted by molar-refractivity contribution is 6.62. The van der Waals surface area contributed by atoms with Crippen molar-refractivity contribution >= 4 is 59.5 Å². The molecule has 1 heterocycles. The van der Waals surface area contributed by atoms with Crippen LogP contribution in [0.1, 0.15) is 116 Å². The van der Waals surface area contributed by atoms with Gasteiger partial charge in [0.15, 0.2) is 11.5 Å². The van der Waals surface area contributed by atoms with Gasteiger partial charge in [0, 0.05) is 17.6 Å². The summed E-state index contributed by atoms with van der Waals surface area (Å²) in [6, 6.07) is 12.4. The van der Waals surface area contributed by atoms with E-state index in [4.69, 9.17) is 58.3 Å². The van der Waals surface area contributed by atoms with Crippen LogP contribution in [0.3, 0.4) is 0 Å². The number of alkyl halides is 3. The van der Waals surface area contributed by atoms with Gasteiger partial charge in [0.05, 0.1) is 31.0 Å². The Labute approximate surface area is 300 Å². The zero-order chi connectivity index (χ0) is 34.0. The van der Waals surface area contributed by atoms with Gasteiger partial charge in [-0.3, -0.25) is 0 Å². The first-order chi connectivity index (χ1) is 22.7. The third-order valence-corrected chi connectivity index (χ3v) is 9.62. The van der Waals surface area contributed by atoms with Gasteiger partial charge < -0.3 is 23.5 Å². The second-order valence-electron chi connectivity index (χ2n) is 13.3. The second-order valence-corrected chi connectivity index (χ2v) is 14.4. The lowest BCUT2D eigenvalue weighted by Crippen LogP contribution is -2.41. The van der Waals surface area contributed by atoms with Crippen LogP contribution in [0.4, 0.5) is 0 Å². The average Bonchev–Trinajstić information content (AvgIpc) is 3.28. The number of unbranched alkanes of at least 4 members (excludes halogenated alkanes) is 9. The number of hydrogen-bond acceptors (Lipinski definition) is 5. The molecule has 0 atom stereocenters. The van der Waals surface area contributed by atoms with Crippen LogP contribution in [0.2, 0.25) is 0 Å². The van der Waals surface area contributed by atoms with E-state index in [1.807, 2.05) is 0 Å². The number of ether oxygens (including phenoxy) is 3. The first kappa shape index (κ1) is 39.9. The molecule has 0 aromatic heterocycles. The highest BCUT2D eigenvalue weighted by atomic mass is 35.5. The molecule has 5 nitrogen and oxygen atoms in total. The van der Waals surface area contributed by atoms with E-state index in [1.54, 1.807) is 0 Å². The van der Waals surface area contributed by atoms with Gasteiger partial charge in [0.25, 0.3) is 0 Å². The number of benzene rings is 2. The first-order valence-electron chi connectivity index (χ1n) is 17.6. The van der Waals surface area contributed by atoms with Crippen molar-refractivity contribution in [1.82, 2.24) is 0 Å². The van der Waals surface area contributed by atoms with Crippen molar-refractivity contribution in [1.29, 1.82) is 0 Å². The van der Waals surface area contributed by atoms with Gasteiger partial charge in [-0.1, -0.05) is 74.9 Å². The molecular formula is C38H56BCl3O5. The predicted molar refractivity (Wildman–Crippen MR) is 202 cm³/mol. The minimum atomic E-state index is -0.379. The molecule has 0 saturated carbocycles. The van der Waals surface area contributed by atoms with E-state index >= 15 is 0 Å². The highest BCUT2D eigenvalue weighted by Gasteiger charge is 2.51. The van der Waals surface area contributed by atoms with Crippen LogP contribution in [0.5, 0.6) is 17.2 Å². The fourth-order valence-electron chi connectivity index (χ4n) is 5.17. The van der Waals surface area contributed by atoms with Gasteiger partial charge in [-0.25, -0.2) is 0 Å². The smallest absolute Gasteiger partial charge is 0.490 e. The SMILES string of the molecule is CC1(C)OB(c2ccc(/C=C/c3cc(OCCCCCCCl)c(OCCCCCCCl)c(OCCCCCCCl)c3)cc2)OC1(C)C. The Morgan fingerprint density at radius 2 is 0.957 bits per heavy atom. The summed E-state index contributed by atoms with van der Waals surface area (Å²) in [7, 11) is -0.379. The second kappa shape index (κ2) is 21.5. The molecular weight excluding hydrogens is 654 g/mol. The third kappa shape index (κ3) is 13.7. The van der Waals surface area contributed by atoms with E-state index in [1.165, 1.54) is 0 Å². The molecule has 2 aromatic rings. The van der Waals surface area contributed by atoms with Crippen LogP contribution >= 0.6 is 34.8 Å². The van der Waals surface area contributed by atoms with E-state index in [-0.39, 0.29) is 18.3 Å². The van der Waals surface area contributed by atoms with Gasteiger partial charge in [-0.2, -0.15) is 0 Å². The Balaban J connectivity index is 1.79. The predicted octanol–water partition coefficient (Wildman–Crippen LogP) is 10.7. The molecule has 9 heteroatoms. The van der Waals surface area contributed by atoms with E-state index in [0.717, 1.165) is 105 Å². The van der Waals surface area contributed by atoms with Crippen LogP contribution in [-0.2, 0) is 9.31 Å². The first-order valence-corrected chi connectivity index (χ1v) is 19.2. The zero-order valence-electron chi connectivity index (χ0n) is 29.1. The van der Waals surface area contributed by atoms with Crippen LogP contribution in [-0.4, -0.2) is 55.8 Å². The molecule has 0 radical (unpaired) electrons. The minimum absolute atomic E-state index is 0.371. The van der Waals surface area contributed by atoms with E-state index in [0.29, 0.717) is 43.2 Å². The van der Waals surface area contributed by atoms with Crippen LogP contribution < -0.4 is 19.7 Å². The molecule has 0 N–H and O–H groups in total. The molecule has 3 rings (SSSR count). The lowest BCUT2D eigenvalue weighted by Gasteiger charge is -2.32. The quantitative estimate of drug-likeness (QED) is 0.0470. The van der Waals surface area contributed by atoms with E-state index in [9.17, 15) is 0 Å². The summed E-state index contributed by atoms with van der Waals surface area (Å²) in [5, 5.41) is 0.